The number of methoxy groups -OCH3 is 2. The molecule has 2 aliphatic rings. The molecule has 27 heavy (non-hydrogen) atoms. The number of amides is 1. The summed E-state index contributed by atoms with van der Waals surface area (Å²) >= 11 is 0. The predicted octanol–water partition coefficient (Wildman–Crippen LogP) is 3.27. The summed E-state index contributed by atoms with van der Waals surface area (Å²) in [6, 6.07) is 13.7. The molecule has 1 amide bonds. The van der Waals surface area contributed by atoms with Crippen molar-refractivity contribution >= 4 is 5.91 Å². The highest BCUT2D eigenvalue weighted by Gasteiger charge is 2.40. The van der Waals surface area contributed by atoms with Gasteiger partial charge >= 0.3 is 0 Å². The van der Waals surface area contributed by atoms with Crippen LogP contribution in [0.3, 0.4) is 0 Å². The molecule has 2 unspecified atom stereocenters. The Morgan fingerprint density at radius 2 is 1.74 bits per heavy atom. The van der Waals surface area contributed by atoms with E-state index in [1.54, 1.807) is 14.2 Å². The smallest absolute Gasteiger partial charge is 0.260 e. The molecular weight excluding hydrogens is 342 g/mol. The summed E-state index contributed by atoms with van der Waals surface area (Å²) in [5.74, 6) is 3.13. The molecule has 0 N–H and O–H groups in total. The molecule has 0 radical (unpaired) electrons. The third-order valence-corrected chi connectivity index (χ3v) is 5.77. The van der Waals surface area contributed by atoms with Gasteiger partial charge in [0.1, 0.15) is 5.75 Å². The van der Waals surface area contributed by atoms with Crippen molar-refractivity contribution in [3.63, 3.8) is 0 Å². The van der Waals surface area contributed by atoms with Crippen LogP contribution in [0, 0.1) is 5.92 Å². The van der Waals surface area contributed by atoms with Gasteiger partial charge in [-0.25, -0.2) is 0 Å². The fourth-order valence-corrected chi connectivity index (χ4v) is 4.41. The van der Waals surface area contributed by atoms with Crippen LogP contribution >= 0.6 is 0 Å². The number of hydrogen-bond acceptors (Lipinski definition) is 4. The van der Waals surface area contributed by atoms with Crippen molar-refractivity contribution in [3.8, 4) is 17.2 Å². The molecule has 4 rings (SSSR count). The standard InChI is InChI=1S/C22H25NO4/c1-25-19-9-5-6-16-17(19)11-10-15-12-23(13-18(15)16)22(24)14-27-21-8-4-3-7-20(21)26-2/h3-9,15,18H,10-14H2,1-2H3. The molecule has 5 nitrogen and oxygen atoms in total. The predicted molar refractivity (Wildman–Crippen MR) is 103 cm³/mol. The molecule has 1 heterocycles. The number of para-hydroxylation sites is 2. The van der Waals surface area contributed by atoms with Crippen LogP contribution in [-0.2, 0) is 11.2 Å². The van der Waals surface area contributed by atoms with Crippen LogP contribution in [0.4, 0.5) is 0 Å². The van der Waals surface area contributed by atoms with Crippen LogP contribution in [0.5, 0.6) is 17.2 Å². The lowest BCUT2D eigenvalue weighted by molar-refractivity contribution is -0.132. The highest BCUT2D eigenvalue weighted by molar-refractivity contribution is 5.78. The number of likely N-dealkylation sites (tertiary alicyclic amines) is 1. The molecule has 2 aromatic rings. The largest absolute Gasteiger partial charge is 0.496 e. The van der Waals surface area contributed by atoms with Crippen LogP contribution in [-0.4, -0.2) is 44.7 Å². The van der Waals surface area contributed by atoms with Gasteiger partial charge in [0.15, 0.2) is 18.1 Å². The number of hydrogen-bond donors (Lipinski definition) is 0. The Balaban J connectivity index is 1.44. The van der Waals surface area contributed by atoms with Crippen molar-refractivity contribution in [1.82, 2.24) is 4.90 Å². The summed E-state index contributed by atoms with van der Waals surface area (Å²) in [5.41, 5.74) is 2.65. The average molecular weight is 367 g/mol. The maximum atomic E-state index is 12.7. The zero-order valence-corrected chi connectivity index (χ0v) is 15.8. The van der Waals surface area contributed by atoms with Crippen molar-refractivity contribution in [3.05, 3.63) is 53.6 Å². The van der Waals surface area contributed by atoms with Crippen molar-refractivity contribution < 1.29 is 19.0 Å². The first-order valence-electron chi connectivity index (χ1n) is 9.40. The lowest BCUT2D eigenvalue weighted by Gasteiger charge is -2.28. The van der Waals surface area contributed by atoms with E-state index in [9.17, 15) is 4.79 Å². The highest BCUT2D eigenvalue weighted by atomic mass is 16.5. The molecule has 1 fully saturated rings. The number of nitrogens with zero attached hydrogens (tertiary/aromatic N) is 1. The van der Waals surface area contributed by atoms with Gasteiger partial charge < -0.3 is 19.1 Å². The van der Waals surface area contributed by atoms with Gasteiger partial charge in [0.25, 0.3) is 5.91 Å². The van der Waals surface area contributed by atoms with Crippen LogP contribution in [0.25, 0.3) is 0 Å². The van der Waals surface area contributed by atoms with Gasteiger partial charge in [0.05, 0.1) is 14.2 Å². The zero-order chi connectivity index (χ0) is 18.8. The summed E-state index contributed by atoms with van der Waals surface area (Å²) in [6.07, 6.45) is 2.11. The summed E-state index contributed by atoms with van der Waals surface area (Å²) in [4.78, 5) is 14.7. The SMILES string of the molecule is COc1ccccc1OCC(=O)N1CC2CCc3c(OC)cccc3C2C1. The van der Waals surface area contributed by atoms with Crippen LogP contribution in [0.15, 0.2) is 42.5 Å². The molecule has 1 aliphatic carbocycles. The number of ether oxygens (including phenoxy) is 3. The summed E-state index contributed by atoms with van der Waals surface area (Å²) in [7, 11) is 3.32. The number of fused-ring (bicyclic) bond motifs is 3. The monoisotopic (exact) mass is 367 g/mol. The molecule has 1 aliphatic heterocycles. The number of benzene rings is 2. The quantitative estimate of drug-likeness (QED) is 0.814. The second kappa shape index (κ2) is 7.51. The minimum atomic E-state index is 0.0275. The van der Waals surface area contributed by atoms with Gasteiger partial charge in [-0.15, -0.1) is 0 Å². The van der Waals surface area contributed by atoms with E-state index in [0.717, 1.165) is 31.7 Å². The Labute approximate surface area is 159 Å². The fourth-order valence-electron chi connectivity index (χ4n) is 4.41. The number of carbonyl (C=O) groups excluding carboxylic acids is 1. The molecule has 2 aromatic carbocycles. The first-order valence-corrected chi connectivity index (χ1v) is 9.40. The second-order valence-corrected chi connectivity index (χ2v) is 7.17. The van der Waals surface area contributed by atoms with E-state index in [1.165, 1.54) is 11.1 Å². The van der Waals surface area contributed by atoms with E-state index in [2.05, 4.69) is 12.1 Å². The molecule has 0 aromatic heterocycles. The van der Waals surface area contributed by atoms with E-state index >= 15 is 0 Å². The molecule has 0 saturated carbocycles. The molecule has 1 saturated heterocycles. The number of carbonyl (C=O) groups is 1. The molecule has 0 spiro atoms. The molecule has 2 atom stereocenters. The van der Waals surface area contributed by atoms with Crippen LogP contribution in [0.2, 0.25) is 0 Å². The van der Waals surface area contributed by atoms with E-state index < -0.39 is 0 Å². The second-order valence-electron chi connectivity index (χ2n) is 7.17. The van der Waals surface area contributed by atoms with E-state index in [1.807, 2.05) is 35.2 Å². The normalized spacial score (nSPS) is 20.6. The summed E-state index contributed by atoms with van der Waals surface area (Å²) in [5, 5.41) is 0. The summed E-state index contributed by atoms with van der Waals surface area (Å²) < 4.78 is 16.5. The lowest BCUT2D eigenvalue weighted by Crippen LogP contribution is -2.33. The van der Waals surface area contributed by atoms with Crippen molar-refractivity contribution in [1.29, 1.82) is 0 Å². The fraction of sp³-hybridized carbons (Fsp3) is 0.409. The highest BCUT2D eigenvalue weighted by Crippen LogP contribution is 2.44. The van der Waals surface area contributed by atoms with Crippen molar-refractivity contribution in [2.75, 3.05) is 33.9 Å². The first kappa shape index (κ1) is 17.7. The van der Waals surface area contributed by atoms with Gasteiger partial charge in [-0.3, -0.25) is 4.79 Å². The molecule has 142 valence electrons. The Morgan fingerprint density at radius 1 is 1.00 bits per heavy atom. The summed E-state index contributed by atoms with van der Waals surface area (Å²) in [6.45, 7) is 1.58. The maximum Gasteiger partial charge on any atom is 0.260 e. The first-order chi connectivity index (χ1) is 13.2. The van der Waals surface area contributed by atoms with Crippen LogP contribution in [0.1, 0.15) is 23.5 Å². The van der Waals surface area contributed by atoms with Gasteiger partial charge in [0, 0.05) is 19.0 Å². The number of rotatable bonds is 5. The Hall–Kier alpha value is -2.69. The molecular formula is C22H25NO4. The van der Waals surface area contributed by atoms with E-state index in [4.69, 9.17) is 14.2 Å². The van der Waals surface area contributed by atoms with Crippen LogP contribution < -0.4 is 14.2 Å². The van der Waals surface area contributed by atoms with Crippen molar-refractivity contribution in [2.24, 2.45) is 5.92 Å². The van der Waals surface area contributed by atoms with E-state index in [-0.39, 0.29) is 12.5 Å². The lowest BCUT2D eigenvalue weighted by atomic mass is 9.77. The van der Waals surface area contributed by atoms with Gasteiger partial charge in [-0.1, -0.05) is 24.3 Å². The average Bonchev–Trinajstić information content (AvgIpc) is 3.16. The minimum Gasteiger partial charge on any atom is -0.496 e. The Kier molecular flexibility index (Phi) is 4.92. The third-order valence-electron chi connectivity index (χ3n) is 5.77. The molecule has 5 heteroatoms. The molecule has 0 bridgehead atoms. The Bertz CT molecular complexity index is 835. The van der Waals surface area contributed by atoms with Crippen molar-refractivity contribution in [2.45, 2.75) is 18.8 Å². The van der Waals surface area contributed by atoms with E-state index in [0.29, 0.717) is 23.3 Å². The Morgan fingerprint density at radius 3 is 2.52 bits per heavy atom. The zero-order valence-electron chi connectivity index (χ0n) is 15.8. The van der Waals surface area contributed by atoms with Gasteiger partial charge in [-0.05, 0) is 48.1 Å². The van der Waals surface area contributed by atoms with Gasteiger partial charge in [0.2, 0.25) is 0 Å². The minimum absolute atomic E-state index is 0.0275. The topological polar surface area (TPSA) is 48.0 Å². The third kappa shape index (κ3) is 3.34. The van der Waals surface area contributed by atoms with Gasteiger partial charge in [-0.2, -0.15) is 0 Å². The maximum absolute atomic E-state index is 12.7.